The van der Waals surface area contributed by atoms with Crippen molar-refractivity contribution < 1.29 is 9.47 Å². The van der Waals surface area contributed by atoms with Crippen LogP contribution in [-0.4, -0.2) is 68.9 Å². The summed E-state index contributed by atoms with van der Waals surface area (Å²) in [4.78, 5) is 17.1. The minimum atomic E-state index is 0.0304. The van der Waals surface area contributed by atoms with E-state index >= 15 is 0 Å². The molecule has 6 heteroatoms. The molecule has 0 fully saturated rings. The molecule has 6 nitrogen and oxygen atoms in total. The van der Waals surface area contributed by atoms with Gasteiger partial charge in [-0.2, -0.15) is 0 Å². The van der Waals surface area contributed by atoms with Crippen molar-refractivity contribution in [1.29, 1.82) is 0 Å². The molecule has 0 aliphatic rings. The molecule has 150 valence electrons. The fourth-order valence-electron chi connectivity index (χ4n) is 3.11. The number of hydrogen-bond acceptors (Lipinski definition) is 5. The lowest BCUT2D eigenvalue weighted by Crippen LogP contribution is -2.19. The Bertz CT molecular complexity index is 947. The summed E-state index contributed by atoms with van der Waals surface area (Å²) in [5, 5.41) is 1.38. The Morgan fingerprint density at radius 1 is 0.786 bits per heavy atom. The van der Waals surface area contributed by atoms with Gasteiger partial charge in [-0.1, -0.05) is 0 Å². The summed E-state index contributed by atoms with van der Waals surface area (Å²) >= 11 is 0. The smallest absolute Gasteiger partial charge is 0.197 e. The number of nitrogens with zero attached hydrogens (tertiary/aromatic N) is 3. The molecule has 0 spiro atoms. The number of likely N-dealkylation sites (N-methyl/N-ethyl adjacent to an activating group) is 2. The van der Waals surface area contributed by atoms with Crippen LogP contribution in [0.4, 0.5) is 0 Å². The van der Waals surface area contributed by atoms with Gasteiger partial charge in [0.1, 0.15) is 24.7 Å². The molecule has 0 atom stereocenters. The van der Waals surface area contributed by atoms with Crippen LogP contribution in [0, 0.1) is 0 Å². The van der Waals surface area contributed by atoms with E-state index in [-0.39, 0.29) is 5.43 Å². The van der Waals surface area contributed by atoms with Crippen LogP contribution in [0.2, 0.25) is 0 Å². The van der Waals surface area contributed by atoms with E-state index in [4.69, 9.17) is 9.47 Å². The highest BCUT2D eigenvalue weighted by Gasteiger charge is 2.11. The van der Waals surface area contributed by atoms with Crippen molar-refractivity contribution in [2.45, 2.75) is 0 Å². The molecule has 0 radical (unpaired) electrons. The van der Waals surface area contributed by atoms with Crippen molar-refractivity contribution in [1.82, 2.24) is 14.4 Å². The van der Waals surface area contributed by atoms with E-state index in [1.54, 1.807) is 0 Å². The van der Waals surface area contributed by atoms with Gasteiger partial charge < -0.3 is 23.8 Å². The maximum absolute atomic E-state index is 13.0. The first kappa shape index (κ1) is 20.2. The van der Waals surface area contributed by atoms with Crippen LogP contribution in [0.1, 0.15) is 0 Å². The molecule has 0 unspecified atom stereocenters. The van der Waals surface area contributed by atoms with Crippen LogP contribution in [0.25, 0.3) is 21.8 Å². The summed E-state index contributed by atoms with van der Waals surface area (Å²) in [6.45, 7) is 2.87. The van der Waals surface area contributed by atoms with Gasteiger partial charge in [0.15, 0.2) is 5.43 Å². The zero-order valence-electron chi connectivity index (χ0n) is 17.4. The zero-order valence-corrected chi connectivity index (χ0v) is 17.4. The first-order chi connectivity index (χ1) is 13.4. The molecule has 0 saturated carbocycles. The van der Waals surface area contributed by atoms with E-state index in [1.165, 1.54) is 0 Å². The molecule has 0 bridgehead atoms. The maximum Gasteiger partial charge on any atom is 0.197 e. The van der Waals surface area contributed by atoms with Crippen molar-refractivity contribution >= 4 is 21.8 Å². The number of aromatic nitrogens is 1. The molecule has 0 amide bonds. The van der Waals surface area contributed by atoms with Gasteiger partial charge in [0.2, 0.25) is 0 Å². The second-order valence-electron chi connectivity index (χ2n) is 7.55. The lowest BCUT2D eigenvalue weighted by atomic mass is 10.1. The van der Waals surface area contributed by atoms with Gasteiger partial charge in [0.05, 0.1) is 11.0 Å². The molecule has 2 aromatic carbocycles. The van der Waals surface area contributed by atoms with Crippen molar-refractivity contribution in [3.05, 3.63) is 46.6 Å². The Morgan fingerprint density at radius 2 is 1.21 bits per heavy atom. The average Bonchev–Trinajstić information content (AvgIpc) is 2.65. The minimum Gasteiger partial charge on any atom is -0.492 e. The number of aryl methyl sites for hydroxylation is 1. The van der Waals surface area contributed by atoms with Crippen LogP contribution < -0.4 is 14.9 Å². The second kappa shape index (κ2) is 8.63. The van der Waals surface area contributed by atoms with E-state index in [0.717, 1.165) is 35.6 Å². The van der Waals surface area contributed by atoms with Crippen LogP contribution in [0.3, 0.4) is 0 Å². The number of benzene rings is 2. The number of rotatable bonds is 8. The molecule has 0 saturated heterocycles. The van der Waals surface area contributed by atoms with Crippen LogP contribution >= 0.6 is 0 Å². The lowest BCUT2D eigenvalue weighted by molar-refractivity contribution is 0.261. The highest BCUT2D eigenvalue weighted by Crippen LogP contribution is 2.25. The van der Waals surface area contributed by atoms with Crippen molar-refractivity contribution in [2.75, 3.05) is 54.5 Å². The normalized spacial score (nSPS) is 11.7. The largest absolute Gasteiger partial charge is 0.492 e. The number of ether oxygens (including phenoxy) is 2. The van der Waals surface area contributed by atoms with Crippen LogP contribution in [0.15, 0.2) is 41.2 Å². The SMILES string of the molecule is CN(C)CCOc1ccc2c(=O)c3ccc(OCCN(C)C)cc3n(C)c2c1. The summed E-state index contributed by atoms with van der Waals surface area (Å²) in [5.41, 5.74) is 1.73. The Kier molecular flexibility index (Phi) is 6.21. The molecule has 3 aromatic rings. The van der Waals surface area contributed by atoms with E-state index in [0.29, 0.717) is 24.0 Å². The van der Waals surface area contributed by atoms with Gasteiger partial charge in [0, 0.05) is 43.0 Å². The second-order valence-corrected chi connectivity index (χ2v) is 7.55. The predicted octanol–water partition coefficient (Wildman–Crippen LogP) is 2.57. The van der Waals surface area contributed by atoms with Gasteiger partial charge in [0.25, 0.3) is 0 Å². The van der Waals surface area contributed by atoms with E-state index in [2.05, 4.69) is 9.80 Å². The third kappa shape index (κ3) is 4.46. The Balaban J connectivity index is 1.97. The molecular formula is C22H29N3O3. The van der Waals surface area contributed by atoms with Gasteiger partial charge >= 0.3 is 0 Å². The standard InChI is InChI=1S/C22H29N3O3/c1-23(2)10-12-27-16-6-8-18-20(14-16)25(5)21-15-17(28-13-11-24(3)4)7-9-19(21)22(18)26/h6-9,14-15H,10-13H2,1-5H3. The summed E-state index contributed by atoms with van der Waals surface area (Å²) in [5.74, 6) is 1.53. The highest BCUT2D eigenvalue weighted by molar-refractivity contribution is 5.94. The zero-order chi connectivity index (χ0) is 20.3. The number of pyridine rings is 1. The molecular weight excluding hydrogens is 354 g/mol. The minimum absolute atomic E-state index is 0.0304. The average molecular weight is 383 g/mol. The third-order valence-corrected chi connectivity index (χ3v) is 4.76. The summed E-state index contributed by atoms with van der Waals surface area (Å²) in [6.07, 6.45) is 0. The fraction of sp³-hybridized carbons (Fsp3) is 0.409. The van der Waals surface area contributed by atoms with Crippen molar-refractivity contribution in [3.8, 4) is 11.5 Å². The fourth-order valence-corrected chi connectivity index (χ4v) is 3.11. The van der Waals surface area contributed by atoms with Gasteiger partial charge in [-0.05, 0) is 52.5 Å². The molecule has 3 rings (SSSR count). The van der Waals surface area contributed by atoms with E-state index < -0.39 is 0 Å². The maximum atomic E-state index is 13.0. The Hall–Kier alpha value is -2.57. The molecule has 1 aromatic heterocycles. The number of fused-ring (bicyclic) bond motifs is 2. The predicted molar refractivity (Wildman–Crippen MR) is 115 cm³/mol. The van der Waals surface area contributed by atoms with Gasteiger partial charge in [-0.3, -0.25) is 4.79 Å². The van der Waals surface area contributed by atoms with Gasteiger partial charge in [-0.25, -0.2) is 0 Å². The summed E-state index contributed by atoms with van der Waals surface area (Å²) in [7, 11) is 10.0. The van der Waals surface area contributed by atoms with Crippen molar-refractivity contribution in [3.63, 3.8) is 0 Å². The molecule has 1 heterocycles. The topological polar surface area (TPSA) is 46.9 Å². The first-order valence-electron chi connectivity index (χ1n) is 9.48. The highest BCUT2D eigenvalue weighted by atomic mass is 16.5. The Labute approximate surface area is 165 Å². The van der Waals surface area contributed by atoms with Crippen LogP contribution in [0.5, 0.6) is 11.5 Å². The summed E-state index contributed by atoms with van der Waals surface area (Å²) < 4.78 is 13.7. The third-order valence-electron chi connectivity index (χ3n) is 4.76. The van der Waals surface area contributed by atoms with E-state index in [1.807, 2.05) is 76.2 Å². The quantitative estimate of drug-likeness (QED) is 0.560. The van der Waals surface area contributed by atoms with E-state index in [9.17, 15) is 4.79 Å². The molecule has 28 heavy (non-hydrogen) atoms. The molecule has 0 aliphatic carbocycles. The Morgan fingerprint density at radius 3 is 1.61 bits per heavy atom. The lowest BCUT2D eigenvalue weighted by Gasteiger charge is -2.15. The van der Waals surface area contributed by atoms with Gasteiger partial charge in [-0.15, -0.1) is 0 Å². The first-order valence-corrected chi connectivity index (χ1v) is 9.48. The van der Waals surface area contributed by atoms with Crippen molar-refractivity contribution in [2.24, 2.45) is 7.05 Å². The summed E-state index contributed by atoms with van der Waals surface area (Å²) in [6, 6.07) is 11.3. The van der Waals surface area contributed by atoms with Crippen LogP contribution in [-0.2, 0) is 7.05 Å². The monoisotopic (exact) mass is 383 g/mol. The number of hydrogen-bond donors (Lipinski definition) is 0. The molecule has 0 aliphatic heterocycles. The molecule has 0 N–H and O–H groups in total.